The second-order valence-corrected chi connectivity index (χ2v) is 3.63. The number of amides is 1. The number of nitrogen functional groups attached to an aromatic ring is 1. The molecule has 0 saturated carbocycles. The lowest BCUT2D eigenvalue weighted by molar-refractivity contribution is 0.0927. The Labute approximate surface area is 96.8 Å². The standard InChI is InChI=1S/C9H12N6O2/c1-6(4-15-3-2-11-5-15)12-9(16)7-8(10)14-17-13-7/h2-3,5-6H,4H2,1H3,(H2,10,14)(H,12,16). The summed E-state index contributed by atoms with van der Waals surface area (Å²) < 4.78 is 6.21. The first kappa shape index (κ1) is 11.1. The highest BCUT2D eigenvalue weighted by atomic mass is 16.6. The number of hydrogen-bond donors (Lipinski definition) is 2. The van der Waals surface area contributed by atoms with Gasteiger partial charge in [-0.2, -0.15) is 0 Å². The molecule has 8 heteroatoms. The fourth-order valence-electron chi connectivity index (χ4n) is 1.40. The normalized spacial score (nSPS) is 12.3. The van der Waals surface area contributed by atoms with Crippen LogP contribution in [0.2, 0.25) is 0 Å². The Morgan fingerprint density at radius 1 is 1.65 bits per heavy atom. The maximum absolute atomic E-state index is 11.7. The van der Waals surface area contributed by atoms with Gasteiger partial charge in [-0.25, -0.2) is 9.61 Å². The first-order valence-corrected chi connectivity index (χ1v) is 5.01. The molecule has 2 rings (SSSR count). The number of hydrogen-bond acceptors (Lipinski definition) is 6. The first-order chi connectivity index (χ1) is 8.16. The number of nitrogens with one attached hydrogen (secondary N) is 1. The molecule has 8 nitrogen and oxygen atoms in total. The molecule has 0 bridgehead atoms. The topological polar surface area (TPSA) is 112 Å². The summed E-state index contributed by atoms with van der Waals surface area (Å²) in [4.78, 5) is 15.6. The molecule has 2 aromatic rings. The second-order valence-electron chi connectivity index (χ2n) is 3.63. The molecule has 2 heterocycles. The van der Waals surface area contributed by atoms with Gasteiger partial charge in [0.2, 0.25) is 11.5 Å². The van der Waals surface area contributed by atoms with E-state index in [0.29, 0.717) is 6.54 Å². The maximum atomic E-state index is 11.7. The van der Waals surface area contributed by atoms with Crippen molar-refractivity contribution >= 4 is 11.7 Å². The molecule has 0 aliphatic heterocycles. The van der Waals surface area contributed by atoms with E-state index in [0.717, 1.165) is 0 Å². The highest BCUT2D eigenvalue weighted by Gasteiger charge is 2.17. The number of carbonyl (C=O) groups excluding carboxylic acids is 1. The molecule has 3 N–H and O–H groups in total. The van der Waals surface area contributed by atoms with E-state index < -0.39 is 5.91 Å². The Hall–Kier alpha value is -2.38. The zero-order valence-electron chi connectivity index (χ0n) is 9.20. The molecule has 0 radical (unpaired) electrons. The van der Waals surface area contributed by atoms with Crippen molar-refractivity contribution in [3.8, 4) is 0 Å². The molecule has 2 aromatic heterocycles. The predicted octanol–water partition coefficient (Wildman–Crippen LogP) is -0.333. The molecule has 0 aliphatic carbocycles. The minimum Gasteiger partial charge on any atom is -0.379 e. The maximum Gasteiger partial charge on any atom is 0.277 e. The molecule has 90 valence electrons. The fourth-order valence-corrected chi connectivity index (χ4v) is 1.40. The number of rotatable bonds is 4. The Morgan fingerprint density at radius 2 is 2.47 bits per heavy atom. The van der Waals surface area contributed by atoms with Crippen molar-refractivity contribution in [2.45, 2.75) is 19.5 Å². The molecular weight excluding hydrogens is 224 g/mol. The molecule has 0 fully saturated rings. The number of imidazole rings is 1. The highest BCUT2D eigenvalue weighted by molar-refractivity contribution is 5.96. The Bertz CT molecular complexity index is 491. The summed E-state index contributed by atoms with van der Waals surface area (Å²) in [7, 11) is 0. The molecule has 1 atom stereocenters. The van der Waals surface area contributed by atoms with Crippen LogP contribution in [0.1, 0.15) is 17.4 Å². The summed E-state index contributed by atoms with van der Waals surface area (Å²) in [5, 5.41) is 9.49. The van der Waals surface area contributed by atoms with Crippen molar-refractivity contribution in [1.82, 2.24) is 25.2 Å². The molecule has 0 aliphatic rings. The monoisotopic (exact) mass is 236 g/mol. The average Bonchev–Trinajstić information content (AvgIpc) is 2.88. The zero-order valence-corrected chi connectivity index (χ0v) is 9.20. The van der Waals surface area contributed by atoms with Crippen molar-refractivity contribution in [1.29, 1.82) is 0 Å². The molecule has 17 heavy (non-hydrogen) atoms. The third-order valence-electron chi connectivity index (χ3n) is 2.15. The largest absolute Gasteiger partial charge is 0.379 e. The summed E-state index contributed by atoms with van der Waals surface area (Å²) in [6, 6.07) is -0.0900. The molecule has 1 unspecified atom stereocenters. The van der Waals surface area contributed by atoms with Gasteiger partial charge in [0, 0.05) is 25.0 Å². The van der Waals surface area contributed by atoms with Gasteiger partial charge in [-0.3, -0.25) is 4.79 Å². The van der Waals surface area contributed by atoms with Gasteiger partial charge < -0.3 is 15.6 Å². The SMILES string of the molecule is CC(Cn1ccnc1)NC(=O)c1nonc1N. The zero-order chi connectivity index (χ0) is 12.3. The minimum absolute atomic E-state index is 0.00230. The quantitative estimate of drug-likeness (QED) is 0.751. The predicted molar refractivity (Wildman–Crippen MR) is 57.9 cm³/mol. The van der Waals surface area contributed by atoms with E-state index in [4.69, 9.17) is 5.73 Å². The lowest BCUT2D eigenvalue weighted by atomic mass is 10.3. The van der Waals surface area contributed by atoms with Gasteiger partial charge in [-0.15, -0.1) is 0 Å². The van der Waals surface area contributed by atoms with Crippen molar-refractivity contribution in [3.63, 3.8) is 0 Å². The molecule has 0 spiro atoms. The van der Waals surface area contributed by atoms with Gasteiger partial charge in [0.25, 0.3) is 5.91 Å². The van der Waals surface area contributed by atoms with E-state index >= 15 is 0 Å². The average molecular weight is 236 g/mol. The van der Waals surface area contributed by atoms with Crippen molar-refractivity contribution < 1.29 is 9.42 Å². The third kappa shape index (κ3) is 2.60. The summed E-state index contributed by atoms with van der Waals surface area (Å²) in [5.74, 6) is -0.423. The number of aromatic nitrogens is 4. The van der Waals surface area contributed by atoms with Crippen LogP contribution in [0.5, 0.6) is 0 Å². The molecule has 0 aromatic carbocycles. The van der Waals surface area contributed by atoms with E-state index in [1.165, 1.54) is 0 Å². The summed E-state index contributed by atoms with van der Waals surface area (Å²) in [6.45, 7) is 2.47. The number of anilines is 1. The van der Waals surface area contributed by atoms with Crippen molar-refractivity contribution in [2.24, 2.45) is 0 Å². The van der Waals surface area contributed by atoms with Crippen LogP contribution >= 0.6 is 0 Å². The Balaban J connectivity index is 1.93. The van der Waals surface area contributed by atoms with E-state index in [-0.39, 0.29) is 17.6 Å². The van der Waals surface area contributed by atoms with Crippen LogP contribution in [0.4, 0.5) is 5.82 Å². The number of nitrogens with two attached hydrogens (primary N) is 1. The van der Waals surface area contributed by atoms with Crippen molar-refractivity contribution in [2.75, 3.05) is 5.73 Å². The lowest BCUT2D eigenvalue weighted by Crippen LogP contribution is -2.36. The first-order valence-electron chi connectivity index (χ1n) is 5.01. The molecular formula is C9H12N6O2. The summed E-state index contributed by atoms with van der Waals surface area (Å²) in [5.41, 5.74) is 5.41. The van der Waals surface area contributed by atoms with Gasteiger partial charge in [0.15, 0.2) is 0 Å². The van der Waals surface area contributed by atoms with E-state index in [1.807, 2.05) is 17.7 Å². The fraction of sp³-hybridized carbons (Fsp3) is 0.333. The van der Waals surface area contributed by atoms with Crippen LogP contribution < -0.4 is 11.1 Å². The van der Waals surface area contributed by atoms with E-state index in [2.05, 4.69) is 25.2 Å². The van der Waals surface area contributed by atoms with Crippen LogP contribution in [-0.4, -0.2) is 31.8 Å². The van der Waals surface area contributed by atoms with Gasteiger partial charge >= 0.3 is 0 Å². The smallest absolute Gasteiger partial charge is 0.277 e. The minimum atomic E-state index is -0.406. The van der Waals surface area contributed by atoms with Crippen LogP contribution in [0, 0.1) is 0 Å². The van der Waals surface area contributed by atoms with Crippen LogP contribution in [0.15, 0.2) is 23.4 Å². The van der Waals surface area contributed by atoms with Crippen LogP contribution in [-0.2, 0) is 6.54 Å². The summed E-state index contributed by atoms with van der Waals surface area (Å²) in [6.07, 6.45) is 5.16. The van der Waals surface area contributed by atoms with Gasteiger partial charge in [-0.05, 0) is 17.2 Å². The van der Waals surface area contributed by atoms with Crippen LogP contribution in [0.3, 0.4) is 0 Å². The Kier molecular flexibility index (Phi) is 3.03. The molecule has 1 amide bonds. The van der Waals surface area contributed by atoms with Gasteiger partial charge in [0.1, 0.15) is 0 Å². The van der Waals surface area contributed by atoms with E-state index in [9.17, 15) is 4.79 Å². The van der Waals surface area contributed by atoms with Crippen LogP contribution in [0.25, 0.3) is 0 Å². The van der Waals surface area contributed by atoms with Gasteiger partial charge in [0.05, 0.1) is 6.33 Å². The summed E-state index contributed by atoms with van der Waals surface area (Å²) >= 11 is 0. The number of carbonyl (C=O) groups is 1. The second kappa shape index (κ2) is 4.64. The lowest BCUT2D eigenvalue weighted by Gasteiger charge is -2.13. The van der Waals surface area contributed by atoms with E-state index in [1.54, 1.807) is 12.5 Å². The van der Waals surface area contributed by atoms with Gasteiger partial charge in [-0.1, -0.05) is 0 Å². The highest BCUT2D eigenvalue weighted by Crippen LogP contribution is 2.04. The molecule has 0 saturated heterocycles. The van der Waals surface area contributed by atoms with Crippen molar-refractivity contribution in [3.05, 3.63) is 24.4 Å². The Morgan fingerprint density at radius 3 is 3.06 bits per heavy atom. The number of nitrogens with zero attached hydrogens (tertiary/aromatic N) is 4. The third-order valence-corrected chi connectivity index (χ3v) is 2.15.